The summed E-state index contributed by atoms with van der Waals surface area (Å²) in [6.45, 7) is 2.01. The second-order valence-corrected chi connectivity index (χ2v) is 7.21. The molecule has 0 aliphatic carbocycles. The highest BCUT2D eigenvalue weighted by Gasteiger charge is 2.32. The molecule has 0 aromatic rings. The first-order valence-corrected chi connectivity index (χ1v) is 10.7. The Kier molecular flexibility index (Phi) is 13.5. The number of imide groups is 1. The molecule has 0 N–H and O–H groups in total. The van der Waals surface area contributed by atoms with Crippen molar-refractivity contribution in [2.45, 2.75) is 71.1 Å². The van der Waals surface area contributed by atoms with Crippen LogP contribution >= 0.6 is 0 Å². The molecule has 11 nitrogen and oxygen atoms in total. The third kappa shape index (κ3) is 12.8. The van der Waals surface area contributed by atoms with Crippen LogP contribution in [0.4, 0.5) is 0 Å². The summed E-state index contributed by atoms with van der Waals surface area (Å²) in [7, 11) is 0. The molecule has 0 aromatic heterocycles. The number of hydrogen-bond donors (Lipinski definition) is 0. The number of nitrogens with zero attached hydrogens (tertiary/aromatic N) is 1. The monoisotopic (exact) mass is 457 g/mol. The maximum absolute atomic E-state index is 11.6. The van der Waals surface area contributed by atoms with Crippen molar-refractivity contribution in [3.8, 4) is 0 Å². The Bertz CT molecular complexity index is 659. The lowest BCUT2D eigenvalue weighted by Crippen LogP contribution is -2.31. The summed E-state index contributed by atoms with van der Waals surface area (Å²) in [4.78, 5) is 72.9. The Morgan fingerprint density at radius 1 is 0.688 bits per heavy atom. The first-order valence-electron chi connectivity index (χ1n) is 10.7. The topological polar surface area (TPSA) is 143 Å². The second-order valence-electron chi connectivity index (χ2n) is 7.21. The van der Waals surface area contributed by atoms with E-state index in [9.17, 15) is 28.8 Å². The number of ketones is 1. The van der Waals surface area contributed by atoms with Crippen LogP contribution in [0.25, 0.3) is 0 Å². The minimum absolute atomic E-state index is 0.0249. The Balaban J connectivity index is 1.91. The van der Waals surface area contributed by atoms with E-state index in [-0.39, 0.29) is 70.3 Å². The number of hydrogen-bond acceptors (Lipinski definition) is 10. The molecule has 0 unspecified atom stereocenters. The van der Waals surface area contributed by atoms with Gasteiger partial charge in [0.05, 0.1) is 13.2 Å². The molecule has 11 heteroatoms. The van der Waals surface area contributed by atoms with Crippen LogP contribution in [0.15, 0.2) is 0 Å². The quantitative estimate of drug-likeness (QED) is 0.179. The van der Waals surface area contributed by atoms with Crippen molar-refractivity contribution in [1.82, 2.24) is 5.06 Å². The zero-order chi connectivity index (χ0) is 23.8. The van der Waals surface area contributed by atoms with Crippen LogP contribution in [0.3, 0.4) is 0 Å². The summed E-state index contributed by atoms with van der Waals surface area (Å²) >= 11 is 0. The number of carbonyl (C=O) groups excluding carboxylic acids is 6. The number of Topliss-reactive ketones (excluding diaryl/α,β-unsaturated/α-hetero) is 1. The molecule has 1 rings (SSSR count). The Morgan fingerprint density at radius 3 is 1.59 bits per heavy atom. The first-order chi connectivity index (χ1) is 15.3. The van der Waals surface area contributed by atoms with Crippen LogP contribution in [0.1, 0.15) is 71.1 Å². The minimum Gasteiger partial charge on any atom is -0.463 e. The molecule has 2 amide bonds. The number of hydroxylamine groups is 2. The van der Waals surface area contributed by atoms with Crippen molar-refractivity contribution in [3.05, 3.63) is 0 Å². The number of amides is 2. The van der Waals surface area contributed by atoms with Crippen molar-refractivity contribution in [2.24, 2.45) is 0 Å². The van der Waals surface area contributed by atoms with Crippen LogP contribution < -0.4 is 0 Å². The maximum Gasteiger partial charge on any atom is 0.333 e. The van der Waals surface area contributed by atoms with Gasteiger partial charge in [0, 0.05) is 38.5 Å². The van der Waals surface area contributed by atoms with E-state index in [1.165, 1.54) is 6.92 Å². The van der Waals surface area contributed by atoms with Crippen molar-refractivity contribution in [3.63, 3.8) is 0 Å². The second kappa shape index (κ2) is 15.9. The van der Waals surface area contributed by atoms with Gasteiger partial charge in [-0.3, -0.25) is 19.2 Å². The first kappa shape index (κ1) is 27.2. The number of unbranched alkanes of at least 4 members (excludes halogenated alkanes) is 2. The highest BCUT2D eigenvalue weighted by molar-refractivity contribution is 6.01. The highest BCUT2D eigenvalue weighted by Crippen LogP contribution is 2.13. The van der Waals surface area contributed by atoms with Crippen molar-refractivity contribution < 1.29 is 47.8 Å². The lowest BCUT2D eigenvalue weighted by atomic mass is 10.1. The van der Waals surface area contributed by atoms with Crippen LogP contribution in [-0.4, -0.2) is 67.0 Å². The predicted molar refractivity (Wildman–Crippen MR) is 108 cm³/mol. The molecule has 32 heavy (non-hydrogen) atoms. The van der Waals surface area contributed by atoms with E-state index in [1.807, 2.05) is 0 Å². The Labute approximate surface area is 186 Å². The molecule has 180 valence electrons. The standard InChI is InChI=1S/C21H31NO10/c1-16(23)6-2-3-7-19(26)30-14-12-29-13-15-31-20(27)8-4-5-9-21(28)32-22-17(24)10-11-18(22)25/h2-15H2,1H3. The fourth-order valence-electron chi connectivity index (χ4n) is 2.66. The molecule has 0 atom stereocenters. The van der Waals surface area contributed by atoms with E-state index in [0.29, 0.717) is 37.2 Å². The van der Waals surface area contributed by atoms with E-state index in [4.69, 9.17) is 19.0 Å². The minimum atomic E-state index is -0.702. The van der Waals surface area contributed by atoms with Crippen molar-refractivity contribution >= 4 is 35.5 Å². The van der Waals surface area contributed by atoms with Gasteiger partial charge in [-0.25, -0.2) is 4.79 Å². The zero-order valence-corrected chi connectivity index (χ0v) is 18.4. The van der Waals surface area contributed by atoms with Gasteiger partial charge in [0.15, 0.2) is 0 Å². The van der Waals surface area contributed by atoms with Crippen LogP contribution in [-0.2, 0) is 47.8 Å². The largest absolute Gasteiger partial charge is 0.463 e. The van der Waals surface area contributed by atoms with Gasteiger partial charge < -0.3 is 23.8 Å². The van der Waals surface area contributed by atoms with Gasteiger partial charge in [-0.05, 0) is 32.6 Å². The molecule has 1 saturated heterocycles. The average Bonchev–Trinajstić information content (AvgIpc) is 3.05. The highest BCUT2D eigenvalue weighted by atomic mass is 16.7. The van der Waals surface area contributed by atoms with E-state index < -0.39 is 23.8 Å². The third-order valence-corrected chi connectivity index (χ3v) is 4.35. The number of rotatable bonds is 17. The molecule has 1 heterocycles. The molecule has 1 aliphatic rings. The molecule has 1 fully saturated rings. The lowest BCUT2D eigenvalue weighted by molar-refractivity contribution is -0.197. The van der Waals surface area contributed by atoms with E-state index in [2.05, 4.69) is 0 Å². The predicted octanol–water partition coefficient (Wildman–Crippen LogP) is 1.41. The summed E-state index contributed by atoms with van der Waals surface area (Å²) in [6.07, 6.45) is 2.89. The molecule has 0 aromatic carbocycles. The Hall–Kier alpha value is -2.82. The smallest absolute Gasteiger partial charge is 0.333 e. The van der Waals surface area contributed by atoms with Gasteiger partial charge >= 0.3 is 17.9 Å². The van der Waals surface area contributed by atoms with Crippen molar-refractivity contribution in [1.29, 1.82) is 0 Å². The van der Waals surface area contributed by atoms with Crippen LogP contribution in [0.2, 0.25) is 0 Å². The van der Waals surface area contributed by atoms with Crippen molar-refractivity contribution in [2.75, 3.05) is 26.4 Å². The van der Waals surface area contributed by atoms with E-state index in [1.54, 1.807) is 0 Å². The lowest BCUT2D eigenvalue weighted by Gasteiger charge is -2.12. The zero-order valence-electron chi connectivity index (χ0n) is 18.4. The molecule has 0 saturated carbocycles. The Morgan fingerprint density at radius 2 is 1.12 bits per heavy atom. The van der Waals surface area contributed by atoms with Gasteiger partial charge in [-0.1, -0.05) is 0 Å². The summed E-state index contributed by atoms with van der Waals surface area (Å²) in [5.41, 5.74) is 0. The van der Waals surface area contributed by atoms with Gasteiger partial charge in [0.2, 0.25) is 0 Å². The fourth-order valence-corrected chi connectivity index (χ4v) is 2.66. The molecule has 0 radical (unpaired) electrons. The van der Waals surface area contributed by atoms with E-state index in [0.717, 1.165) is 0 Å². The van der Waals surface area contributed by atoms with E-state index >= 15 is 0 Å². The SMILES string of the molecule is CC(=O)CCCCC(=O)OCCOCCOC(=O)CCCCC(=O)ON1C(=O)CCC1=O. The normalized spacial score (nSPS) is 13.2. The molecule has 0 spiro atoms. The fraction of sp³-hybridized carbons (Fsp3) is 0.714. The third-order valence-electron chi connectivity index (χ3n) is 4.35. The maximum atomic E-state index is 11.6. The summed E-state index contributed by atoms with van der Waals surface area (Å²) in [5.74, 6) is -2.45. The van der Waals surface area contributed by atoms with Gasteiger partial charge in [-0.2, -0.15) is 0 Å². The van der Waals surface area contributed by atoms with Crippen LogP contribution in [0.5, 0.6) is 0 Å². The van der Waals surface area contributed by atoms with Gasteiger partial charge in [0.1, 0.15) is 19.0 Å². The molecule has 1 aliphatic heterocycles. The summed E-state index contributed by atoms with van der Waals surface area (Å²) < 4.78 is 15.2. The number of esters is 2. The molecule has 0 bridgehead atoms. The molecular weight excluding hydrogens is 426 g/mol. The average molecular weight is 457 g/mol. The van der Waals surface area contributed by atoms with Gasteiger partial charge in [0.25, 0.3) is 11.8 Å². The van der Waals surface area contributed by atoms with Gasteiger partial charge in [-0.15, -0.1) is 5.06 Å². The number of carbonyl (C=O) groups is 6. The van der Waals surface area contributed by atoms with Crippen LogP contribution in [0, 0.1) is 0 Å². The summed E-state index contributed by atoms with van der Waals surface area (Å²) in [6, 6.07) is 0. The molecular formula is C21H31NO10. The summed E-state index contributed by atoms with van der Waals surface area (Å²) in [5, 5.41) is 0.494. The number of ether oxygens (including phenoxy) is 3.